The maximum Gasteiger partial charge on any atom is 0.409 e. The number of amides is 2. The average molecular weight is 390 g/mol. The van der Waals surface area contributed by atoms with Gasteiger partial charge in [-0.3, -0.25) is 4.79 Å². The van der Waals surface area contributed by atoms with Crippen LogP contribution < -0.4 is 4.72 Å². The number of hydrogen-bond donors (Lipinski definition) is 1. The van der Waals surface area contributed by atoms with Crippen LogP contribution in [0.2, 0.25) is 5.02 Å². The highest BCUT2D eigenvalue weighted by atomic mass is 35.5. The lowest BCUT2D eigenvalue weighted by Gasteiger charge is -2.34. The molecule has 0 atom stereocenters. The van der Waals surface area contributed by atoms with Gasteiger partial charge in [-0.2, -0.15) is 0 Å². The number of carbonyl (C=O) groups excluding carboxylic acids is 2. The number of hydrogen-bond acceptors (Lipinski definition) is 5. The van der Waals surface area contributed by atoms with Crippen molar-refractivity contribution >= 4 is 33.6 Å². The van der Waals surface area contributed by atoms with E-state index in [0.29, 0.717) is 37.8 Å². The van der Waals surface area contributed by atoms with Gasteiger partial charge in [-0.25, -0.2) is 17.9 Å². The maximum absolute atomic E-state index is 12.2. The first kappa shape index (κ1) is 19.5. The minimum atomic E-state index is -3.78. The Labute approximate surface area is 151 Å². The van der Waals surface area contributed by atoms with Gasteiger partial charge in [-0.05, 0) is 31.2 Å². The van der Waals surface area contributed by atoms with Gasteiger partial charge in [0.25, 0.3) is 0 Å². The molecule has 1 N–H and O–H groups in total. The van der Waals surface area contributed by atoms with Crippen molar-refractivity contribution in [2.24, 2.45) is 0 Å². The third-order valence-corrected chi connectivity index (χ3v) is 5.36. The van der Waals surface area contributed by atoms with Crippen LogP contribution in [-0.2, 0) is 19.6 Å². The lowest BCUT2D eigenvalue weighted by atomic mass is 10.3. The molecule has 10 heteroatoms. The Balaban J connectivity index is 1.85. The topological polar surface area (TPSA) is 96.0 Å². The summed E-state index contributed by atoms with van der Waals surface area (Å²) in [5, 5.41) is 0.425. The largest absolute Gasteiger partial charge is 0.450 e. The van der Waals surface area contributed by atoms with Crippen LogP contribution in [0.1, 0.15) is 6.92 Å². The number of ether oxygens (including phenoxy) is 1. The Bertz CT molecular complexity index is 715. The van der Waals surface area contributed by atoms with Gasteiger partial charge >= 0.3 is 6.09 Å². The molecule has 8 nitrogen and oxygen atoms in total. The van der Waals surface area contributed by atoms with Gasteiger partial charge in [0, 0.05) is 31.2 Å². The van der Waals surface area contributed by atoms with Crippen LogP contribution in [0, 0.1) is 0 Å². The van der Waals surface area contributed by atoms with E-state index in [4.69, 9.17) is 16.3 Å². The summed E-state index contributed by atoms with van der Waals surface area (Å²) in [6, 6.07) is 5.67. The molecule has 1 fully saturated rings. The molecule has 1 aromatic rings. The highest BCUT2D eigenvalue weighted by molar-refractivity contribution is 7.89. The Morgan fingerprint density at radius 1 is 1.12 bits per heavy atom. The zero-order valence-electron chi connectivity index (χ0n) is 13.8. The highest BCUT2D eigenvalue weighted by Crippen LogP contribution is 2.13. The predicted molar refractivity (Wildman–Crippen MR) is 91.8 cm³/mol. The molecule has 138 valence electrons. The smallest absolute Gasteiger partial charge is 0.409 e. The Kier molecular flexibility index (Phi) is 6.63. The molecule has 0 bridgehead atoms. The fourth-order valence-electron chi connectivity index (χ4n) is 2.32. The molecule has 0 saturated carbocycles. The predicted octanol–water partition coefficient (Wildman–Crippen LogP) is 0.919. The normalized spacial score (nSPS) is 15.1. The van der Waals surface area contributed by atoms with Crippen LogP contribution in [0.15, 0.2) is 29.2 Å². The first-order valence-electron chi connectivity index (χ1n) is 7.78. The summed E-state index contributed by atoms with van der Waals surface area (Å²) in [6.07, 6.45) is -0.405. The van der Waals surface area contributed by atoms with Crippen molar-refractivity contribution in [3.8, 4) is 0 Å². The zero-order valence-corrected chi connectivity index (χ0v) is 15.3. The Hall–Kier alpha value is -1.84. The van der Waals surface area contributed by atoms with Gasteiger partial charge in [0.2, 0.25) is 15.9 Å². The molecule has 1 aliphatic heterocycles. The SMILES string of the molecule is CCOC(=O)N1CCN(C(=O)CNS(=O)(=O)c2ccc(Cl)cc2)CC1. The molecule has 0 radical (unpaired) electrons. The standard InChI is InChI=1S/C15H20ClN3O5S/c1-2-24-15(21)19-9-7-18(8-10-19)14(20)11-17-25(22,23)13-5-3-12(16)4-6-13/h3-6,17H,2,7-11H2,1H3. The van der Waals surface area contributed by atoms with Crippen LogP contribution in [0.4, 0.5) is 4.79 Å². The minimum Gasteiger partial charge on any atom is -0.450 e. The first-order valence-corrected chi connectivity index (χ1v) is 9.64. The van der Waals surface area contributed by atoms with Crippen LogP contribution in [0.5, 0.6) is 0 Å². The fourth-order valence-corrected chi connectivity index (χ4v) is 3.42. The van der Waals surface area contributed by atoms with E-state index in [0.717, 1.165) is 0 Å². The summed E-state index contributed by atoms with van der Waals surface area (Å²) in [7, 11) is -3.78. The van der Waals surface area contributed by atoms with E-state index in [1.807, 2.05) is 0 Å². The van der Waals surface area contributed by atoms with Crippen molar-refractivity contribution in [3.63, 3.8) is 0 Å². The van der Waals surface area contributed by atoms with E-state index in [-0.39, 0.29) is 17.3 Å². The molecular formula is C15H20ClN3O5S. The number of rotatable bonds is 5. The van der Waals surface area contributed by atoms with Crippen molar-refractivity contribution in [1.82, 2.24) is 14.5 Å². The highest BCUT2D eigenvalue weighted by Gasteiger charge is 2.25. The van der Waals surface area contributed by atoms with E-state index in [1.165, 1.54) is 34.1 Å². The lowest BCUT2D eigenvalue weighted by molar-refractivity contribution is -0.131. The van der Waals surface area contributed by atoms with E-state index >= 15 is 0 Å². The molecule has 0 spiro atoms. The lowest BCUT2D eigenvalue weighted by Crippen LogP contribution is -2.52. The van der Waals surface area contributed by atoms with E-state index in [2.05, 4.69) is 4.72 Å². The quantitative estimate of drug-likeness (QED) is 0.807. The molecule has 2 amide bonds. The number of sulfonamides is 1. The summed E-state index contributed by atoms with van der Waals surface area (Å²) < 4.78 is 31.5. The number of benzene rings is 1. The molecule has 25 heavy (non-hydrogen) atoms. The van der Waals surface area contributed by atoms with Crippen molar-refractivity contribution in [3.05, 3.63) is 29.3 Å². The molecule has 1 saturated heterocycles. The Morgan fingerprint density at radius 3 is 2.24 bits per heavy atom. The second-order valence-electron chi connectivity index (χ2n) is 5.35. The van der Waals surface area contributed by atoms with Gasteiger partial charge in [-0.1, -0.05) is 11.6 Å². The molecule has 0 unspecified atom stereocenters. The first-order chi connectivity index (χ1) is 11.8. The molecule has 1 aliphatic rings. The molecule has 1 aromatic carbocycles. The summed E-state index contributed by atoms with van der Waals surface area (Å²) in [5.74, 6) is -0.346. The van der Waals surface area contributed by atoms with Gasteiger partial charge < -0.3 is 14.5 Å². The number of halogens is 1. The monoisotopic (exact) mass is 389 g/mol. The van der Waals surface area contributed by atoms with Crippen molar-refractivity contribution < 1.29 is 22.7 Å². The van der Waals surface area contributed by atoms with Gasteiger partial charge in [0.05, 0.1) is 18.0 Å². The third-order valence-electron chi connectivity index (χ3n) is 3.70. The van der Waals surface area contributed by atoms with Crippen molar-refractivity contribution in [2.45, 2.75) is 11.8 Å². The molecule has 2 rings (SSSR count). The molecule has 1 heterocycles. The molecular weight excluding hydrogens is 370 g/mol. The van der Waals surface area contributed by atoms with E-state index in [1.54, 1.807) is 6.92 Å². The summed E-state index contributed by atoms with van der Waals surface area (Å²) in [5.41, 5.74) is 0. The van der Waals surface area contributed by atoms with Gasteiger partial charge in [0.1, 0.15) is 0 Å². The van der Waals surface area contributed by atoms with Crippen molar-refractivity contribution in [2.75, 3.05) is 39.3 Å². The van der Waals surface area contributed by atoms with Crippen molar-refractivity contribution in [1.29, 1.82) is 0 Å². The fraction of sp³-hybridized carbons (Fsp3) is 0.467. The van der Waals surface area contributed by atoms with Crippen LogP contribution >= 0.6 is 11.6 Å². The van der Waals surface area contributed by atoms with E-state index in [9.17, 15) is 18.0 Å². The summed E-state index contributed by atoms with van der Waals surface area (Å²) in [4.78, 5) is 26.9. The third kappa shape index (κ3) is 5.32. The second-order valence-corrected chi connectivity index (χ2v) is 7.55. The molecule has 0 aromatic heterocycles. The second kappa shape index (κ2) is 8.50. The van der Waals surface area contributed by atoms with Gasteiger partial charge in [0.15, 0.2) is 0 Å². The van der Waals surface area contributed by atoms with E-state index < -0.39 is 16.1 Å². The minimum absolute atomic E-state index is 0.0387. The Morgan fingerprint density at radius 2 is 1.68 bits per heavy atom. The number of carbonyl (C=O) groups is 2. The van der Waals surface area contributed by atoms with Gasteiger partial charge in [-0.15, -0.1) is 0 Å². The molecule has 0 aliphatic carbocycles. The number of nitrogens with zero attached hydrogens (tertiary/aromatic N) is 2. The average Bonchev–Trinajstić information content (AvgIpc) is 2.60. The summed E-state index contributed by atoms with van der Waals surface area (Å²) in [6.45, 7) is 3.06. The summed E-state index contributed by atoms with van der Waals surface area (Å²) >= 11 is 5.73. The van der Waals surface area contributed by atoms with Crippen LogP contribution in [-0.4, -0.2) is 69.5 Å². The van der Waals surface area contributed by atoms with Crippen LogP contribution in [0.25, 0.3) is 0 Å². The number of piperazine rings is 1. The van der Waals surface area contributed by atoms with Crippen LogP contribution in [0.3, 0.4) is 0 Å². The zero-order chi connectivity index (χ0) is 18.4. The maximum atomic E-state index is 12.2. The number of nitrogens with one attached hydrogen (secondary N) is 1.